The van der Waals surface area contributed by atoms with E-state index >= 15 is 0 Å². The zero-order chi connectivity index (χ0) is 31.0. The van der Waals surface area contributed by atoms with Crippen LogP contribution in [0, 0.1) is 5.92 Å². The lowest BCUT2D eigenvalue weighted by molar-refractivity contribution is -0.133. The molecule has 13 heteroatoms. The minimum atomic E-state index is -4.61. The maximum atomic E-state index is 14.9. The van der Waals surface area contributed by atoms with Gasteiger partial charge in [-0.15, -0.1) is 0 Å². The van der Waals surface area contributed by atoms with Gasteiger partial charge in [-0.3, -0.25) is 14.9 Å². The maximum Gasteiger partial charge on any atom is 0.274 e. The van der Waals surface area contributed by atoms with Crippen LogP contribution < -0.4 is 23.8 Å². The van der Waals surface area contributed by atoms with E-state index in [1.165, 1.54) is 68.8 Å². The molecule has 11 nitrogen and oxygen atoms in total. The Hall–Kier alpha value is -3.87. The van der Waals surface area contributed by atoms with Gasteiger partial charge in [0.1, 0.15) is 16.4 Å². The second-order valence-corrected chi connectivity index (χ2v) is 12.4. The van der Waals surface area contributed by atoms with E-state index in [9.17, 15) is 18.0 Å². The van der Waals surface area contributed by atoms with Crippen molar-refractivity contribution < 1.29 is 32.2 Å². The van der Waals surface area contributed by atoms with Gasteiger partial charge in [-0.1, -0.05) is 25.4 Å². The van der Waals surface area contributed by atoms with Crippen LogP contribution in [0.5, 0.6) is 17.4 Å². The number of hydrogen-bond acceptors (Lipinski definition) is 9. The van der Waals surface area contributed by atoms with Crippen molar-refractivity contribution >= 4 is 39.1 Å². The largest absolute Gasteiger partial charge is 0.497 e. The van der Waals surface area contributed by atoms with Crippen molar-refractivity contribution in [3.05, 3.63) is 70.9 Å². The Morgan fingerprint density at radius 2 is 1.74 bits per heavy atom. The fourth-order valence-corrected chi connectivity index (χ4v) is 6.81. The molecule has 3 aromatic rings. The Morgan fingerprint density at radius 3 is 2.33 bits per heavy atom. The van der Waals surface area contributed by atoms with E-state index in [2.05, 4.69) is 10.3 Å². The van der Waals surface area contributed by atoms with Crippen LogP contribution in [0.1, 0.15) is 25.0 Å². The molecule has 224 valence electrons. The molecule has 1 aliphatic rings. The first-order chi connectivity index (χ1) is 19.8. The number of ether oxygens (including phenoxy) is 3. The van der Waals surface area contributed by atoms with Crippen molar-refractivity contribution in [1.82, 2.24) is 15.2 Å². The first-order valence-electron chi connectivity index (χ1n) is 12.9. The summed E-state index contributed by atoms with van der Waals surface area (Å²) in [6.45, 7) is 3.64. The van der Waals surface area contributed by atoms with Gasteiger partial charge in [0.05, 0.1) is 33.1 Å². The number of amides is 2. The lowest BCUT2D eigenvalue weighted by Gasteiger charge is -2.36. The molecule has 2 heterocycles. The van der Waals surface area contributed by atoms with Crippen LogP contribution in [0.15, 0.2) is 59.6 Å². The molecule has 2 aromatic carbocycles. The average Bonchev–Trinajstić information content (AvgIpc) is 3.22. The van der Waals surface area contributed by atoms with Crippen molar-refractivity contribution in [2.45, 2.75) is 30.3 Å². The van der Waals surface area contributed by atoms with Crippen molar-refractivity contribution in [3.8, 4) is 17.4 Å². The highest BCUT2D eigenvalue weighted by Crippen LogP contribution is 2.50. The Labute approximate surface area is 250 Å². The van der Waals surface area contributed by atoms with Crippen LogP contribution in [-0.2, 0) is 25.2 Å². The predicted molar refractivity (Wildman–Crippen MR) is 158 cm³/mol. The third kappa shape index (κ3) is 5.03. The Kier molecular flexibility index (Phi) is 8.72. The minimum Gasteiger partial charge on any atom is -0.497 e. The lowest BCUT2D eigenvalue weighted by Crippen LogP contribution is -2.60. The van der Waals surface area contributed by atoms with Gasteiger partial charge in [-0.2, -0.15) is 0 Å². The number of sulfonamides is 1. The lowest BCUT2D eigenvalue weighted by atomic mass is 9.82. The highest BCUT2D eigenvalue weighted by atomic mass is 35.5. The number of methoxy groups -OCH3 is 3. The van der Waals surface area contributed by atoms with E-state index in [1.807, 2.05) is 13.8 Å². The van der Waals surface area contributed by atoms with E-state index in [0.29, 0.717) is 10.1 Å². The third-order valence-corrected chi connectivity index (χ3v) is 9.06. The van der Waals surface area contributed by atoms with Crippen molar-refractivity contribution in [1.29, 1.82) is 0 Å². The summed E-state index contributed by atoms with van der Waals surface area (Å²) < 4.78 is 45.7. The number of aromatic nitrogens is 1. The number of anilines is 1. The number of benzene rings is 2. The number of nitrogens with zero attached hydrogens (tertiary/aromatic N) is 3. The standard InChI is InChI=1S/C29H33ClN4O7S/c1-17(2)25(27(35)33(3)4)32-29(20-9-8-14-31-26(20)41-7)21-15-18(30)10-12-22(21)34(28(29)36)42(37,38)24-13-11-19(39-5)16-23(24)40-6/h8-17,25,32H,1-7H3. The summed E-state index contributed by atoms with van der Waals surface area (Å²) in [4.78, 5) is 33.8. The molecule has 0 bridgehead atoms. The van der Waals surface area contributed by atoms with Crippen LogP contribution in [0.4, 0.5) is 5.69 Å². The molecule has 4 rings (SSSR count). The van der Waals surface area contributed by atoms with Gasteiger partial charge in [0.15, 0.2) is 5.54 Å². The molecule has 1 aromatic heterocycles. The number of rotatable bonds is 10. The average molecular weight is 617 g/mol. The first-order valence-corrected chi connectivity index (χ1v) is 14.8. The molecule has 0 saturated carbocycles. The Bertz CT molecular complexity index is 1630. The van der Waals surface area contributed by atoms with Crippen LogP contribution in [-0.4, -0.2) is 71.6 Å². The highest BCUT2D eigenvalue weighted by Gasteiger charge is 2.59. The van der Waals surface area contributed by atoms with Gasteiger partial charge in [-0.25, -0.2) is 17.7 Å². The molecule has 1 aliphatic heterocycles. The van der Waals surface area contributed by atoms with Gasteiger partial charge in [0, 0.05) is 42.5 Å². The molecule has 0 aliphatic carbocycles. The summed E-state index contributed by atoms with van der Waals surface area (Å²) in [7, 11) is 2.74. The number of likely N-dealkylation sites (N-methyl/N-ethyl adjacent to an activating group) is 1. The molecule has 42 heavy (non-hydrogen) atoms. The number of carbonyl (C=O) groups excluding carboxylic acids is 2. The molecule has 0 spiro atoms. The zero-order valence-corrected chi connectivity index (χ0v) is 25.9. The molecule has 2 unspecified atom stereocenters. The second-order valence-electron chi connectivity index (χ2n) is 10.2. The van der Waals surface area contributed by atoms with Crippen molar-refractivity contribution in [2.24, 2.45) is 5.92 Å². The van der Waals surface area contributed by atoms with E-state index in [-0.39, 0.29) is 50.2 Å². The third-order valence-electron chi connectivity index (χ3n) is 7.09. The quantitative estimate of drug-likeness (QED) is 0.364. The van der Waals surface area contributed by atoms with Crippen LogP contribution in [0.25, 0.3) is 0 Å². The summed E-state index contributed by atoms with van der Waals surface area (Å²) in [6.07, 6.45) is 1.48. The number of hydrogen-bond donors (Lipinski definition) is 1. The zero-order valence-electron chi connectivity index (χ0n) is 24.3. The Balaban J connectivity index is 2.08. The number of fused-ring (bicyclic) bond motifs is 1. The van der Waals surface area contributed by atoms with Gasteiger partial charge >= 0.3 is 0 Å². The summed E-state index contributed by atoms with van der Waals surface area (Å²) in [5, 5.41) is 3.50. The number of halogens is 1. The van der Waals surface area contributed by atoms with Gasteiger partial charge in [-0.05, 0) is 48.4 Å². The molecule has 0 saturated heterocycles. The molecule has 1 N–H and O–H groups in total. The molecular formula is C29H33ClN4O7S. The number of pyridine rings is 1. The number of carbonyl (C=O) groups is 2. The smallest absolute Gasteiger partial charge is 0.274 e. The van der Waals surface area contributed by atoms with E-state index in [4.69, 9.17) is 25.8 Å². The van der Waals surface area contributed by atoms with E-state index in [1.54, 1.807) is 26.2 Å². The summed E-state index contributed by atoms with van der Waals surface area (Å²) in [5.41, 5.74) is -1.50. The van der Waals surface area contributed by atoms with Gasteiger partial charge in [0.25, 0.3) is 15.9 Å². The van der Waals surface area contributed by atoms with E-state index in [0.717, 1.165) is 0 Å². The summed E-state index contributed by atoms with van der Waals surface area (Å²) in [5.74, 6) is -1.14. The van der Waals surface area contributed by atoms with Crippen LogP contribution in [0.3, 0.4) is 0 Å². The fraction of sp³-hybridized carbons (Fsp3) is 0.345. The van der Waals surface area contributed by atoms with E-state index < -0.39 is 27.5 Å². The monoisotopic (exact) mass is 616 g/mol. The van der Waals surface area contributed by atoms with Gasteiger partial charge < -0.3 is 19.1 Å². The maximum absolute atomic E-state index is 14.9. The molecule has 0 radical (unpaired) electrons. The normalized spacial score (nSPS) is 17.2. The van der Waals surface area contributed by atoms with Crippen LogP contribution in [0.2, 0.25) is 5.02 Å². The molecule has 2 atom stereocenters. The Morgan fingerprint density at radius 1 is 1.02 bits per heavy atom. The molecule has 2 amide bonds. The number of nitrogens with one attached hydrogen (secondary N) is 1. The summed E-state index contributed by atoms with van der Waals surface area (Å²) in [6, 6.07) is 10.9. The first kappa shape index (κ1) is 31.1. The SMILES string of the molecule is COc1ccc(S(=O)(=O)N2C(=O)C(NC(C(=O)N(C)C)C(C)C)(c3cccnc3OC)c3cc(Cl)ccc32)c(OC)c1. The molecule has 0 fully saturated rings. The van der Waals surface area contributed by atoms with Crippen molar-refractivity contribution in [2.75, 3.05) is 39.7 Å². The predicted octanol–water partition coefficient (Wildman–Crippen LogP) is 3.44. The van der Waals surface area contributed by atoms with Crippen LogP contribution >= 0.6 is 11.6 Å². The fourth-order valence-electron chi connectivity index (χ4n) is 5.03. The van der Waals surface area contributed by atoms with Crippen molar-refractivity contribution in [3.63, 3.8) is 0 Å². The molecular weight excluding hydrogens is 584 g/mol. The van der Waals surface area contributed by atoms with Gasteiger partial charge in [0.2, 0.25) is 11.8 Å². The topological polar surface area (TPSA) is 127 Å². The minimum absolute atomic E-state index is 0.0232. The summed E-state index contributed by atoms with van der Waals surface area (Å²) >= 11 is 6.47. The second kappa shape index (κ2) is 11.8. The highest BCUT2D eigenvalue weighted by molar-refractivity contribution is 7.93.